The van der Waals surface area contributed by atoms with Gasteiger partial charge in [-0.25, -0.2) is 8.42 Å². The van der Waals surface area contributed by atoms with Crippen molar-refractivity contribution < 1.29 is 28.1 Å². The van der Waals surface area contributed by atoms with Crippen LogP contribution in [0.25, 0.3) is 0 Å². The molecule has 49 heavy (non-hydrogen) atoms. The summed E-state index contributed by atoms with van der Waals surface area (Å²) >= 11 is 0. The predicted molar refractivity (Wildman–Crippen MR) is 198 cm³/mol. The Bertz CT molecular complexity index is 1020. The molecular formula is C42H74O6S. The van der Waals surface area contributed by atoms with Crippen LogP contribution in [0.1, 0.15) is 182 Å². The minimum Gasteiger partial charge on any atom is -0.393 e. The Kier molecular flexibility index (Phi) is 12.9. The zero-order chi connectivity index (χ0) is 34.8. The van der Waals surface area contributed by atoms with Crippen LogP contribution in [0.4, 0.5) is 0 Å². The normalized spacial score (nSPS) is 42.1. The molecule has 0 atom stereocenters. The Labute approximate surface area is 300 Å². The number of hydrogen-bond acceptors (Lipinski definition) is 6. The van der Waals surface area contributed by atoms with E-state index in [1.54, 1.807) is 0 Å². The fourth-order valence-corrected chi connectivity index (χ4v) is 14.4. The molecule has 0 radical (unpaired) electrons. The van der Waals surface area contributed by atoms with Crippen LogP contribution in [0.2, 0.25) is 0 Å². The van der Waals surface area contributed by atoms with Crippen molar-refractivity contribution in [2.24, 2.45) is 34.5 Å². The first-order valence-electron chi connectivity index (χ1n) is 21.2. The van der Waals surface area contributed by atoms with E-state index in [9.17, 15) is 18.6 Å². The molecule has 6 aliphatic rings. The van der Waals surface area contributed by atoms with Crippen molar-refractivity contribution in [1.29, 1.82) is 0 Å². The van der Waals surface area contributed by atoms with Gasteiger partial charge in [-0.1, -0.05) is 27.7 Å². The van der Waals surface area contributed by atoms with Crippen LogP contribution in [-0.2, 0) is 19.3 Å². The van der Waals surface area contributed by atoms with Crippen LogP contribution >= 0.6 is 0 Å². The van der Waals surface area contributed by atoms with Crippen molar-refractivity contribution >= 4 is 9.84 Å². The van der Waals surface area contributed by atoms with E-state index in [-0.39, 0.29) is 34.9 Å². The van der Waals surface area contributed by atoms with Gasteiger partial charge in [0.15, 0.2) is 9.84 Å². The monoisotopic (exact) mass is 707 g/mol. The van der Waals surface area contributed by atoms with Gasteiger partial charge in [-0.15, -0.1) is 0 Å². The Morgan fingerprint density at radius 2 is 0.612 bits per heavy atom. The predicted octanol–water partition coefficient (Wildman–Crippen LogP) is 9.33. The lowest BCUT2D eigenvalue weighted by atomic mass is 9.60. The van der Waals surface area contributed by atoms with Gasteiger partial charge in [0.1, 0.15) is 0 Å². The molecule has 2 N–H and O–H groups in total. The molecule has 6 saturated carbocycles. The number of ether oxygens (including phenoxy) is 2. The Morgan fingerprint density at radius 1 is 0.388 bits per heavy atom. The molecule has 6 nitrogen and oxygen atoms in total. The van der Waals surface area contributed by atoms with Gasteiger partial charge >= 0.3 is 0 Å². The highest BCUT2D eigenvalue weighted by molar-refractivity contribution is 7.92. The molecule has 0 heterocycles. The average Bonchev–Trinajstić information content (AvgIpc) is 3.10. The Morgan fingerprint density at radius 3 is 0.878 bits per heavy atom. The third-order valence-electron chi connectivity index (χ3n) is 15.9. The van der Waals surface area contributed by atoms with E-state index in [0.29, 0.717) is 23.0 Å². The van der Waals surface area contributed by atoms with Crippen molar-refractivity contribution in [2.45, 2.75) is 229 Å². The molecule has 6 aliphatic carbocycles. The first-order chi connectivity index (χ1) is 23.3. The van der Waals surface area contributed by atoms with E-state index in [1.807, 2.05) is 0 Å². The zero-order valence-electron chi connectivity index (χ0n) is 31.8. The topological polar surface area (TPSA) is 93.1 Å². The van der Waals surface area contributed by atoms with Crippen molar-refractivity contribution in [3.63, 3.8) is 0 Å². The molecule has 0 spiro atoms. The molecular weight excluding hydrogens is 633 g/mol. The van der Waals surface area contributed by atoms with E-state index >= 15 is 0 Å². The fraction of sp³-hybridized carbons (Fsp3) is 1.00. The standard InChI is InChI=1S/C42H74O6S/c1-41(2,29-5-13-33(43)14-6-29)31-9-17-35(18-10-31)47-37-21-25-39(26-22-37)49(45,46)40-27-23-38(24-28-40)48-36-19-11-32(12-20-36)42(3,4)30-7-15-34(44)16-8-30/h29-40,43-44H,5-28H2,1-4H3. The van der Waals surface area contributed by atoms with Gasteiger partial charge in [-0.05, 0) is 189 Å². The molecule has 0 amide bonds. The van der Waals surface area contributed by atoms with Crippen molar-refractivity contribution in [2.75, 3.05) is 0 Å². The number of aliphatic hydroxyl groups is 2. The quantitative estimate of drug-likeness (QED) is 0.235. The minimum atomic E-state index is -3.12. The van der Waals surface area contributed by atoms with Crippen LogP contribution in [-0.4, -0.2) is 65.8 Å². The maximum atomic E-state index is 13.8. The van der Waals surface area contributed by atoms with E-state index < -0.39 is 9.84 Å². The third-order valence-corrected chi connectivity index (χ3v) is 18.7. The van der Waals surface area contributed by atoms with Gasteiger partial charge in [0.2, 0.25) is 0 Å². The molecule has 284 valence electrons. The van der Waals surface area contributed by atoms with Crippen LogP contribution in [0.5, 0.6) is 0 Å². The summed E-state index contributed by atoms with van der Waals surface area (Å²) in [6, 6.07) is 0. The lowest BCUT2D eigenvalue weighted by Crippen LogP contribution is -2.41. The van der Waals surface area contributed by atoms with Crippen molar-refractivity contribution in [3.05, 3.63) is 0 Å². The first-order valence-corrected chi connectivity index (χ1v) is 22.8. The molecule has 0 aromatic carbocycles. The molecule has 7 heteroatoms. The second-order valence-electron chi connectivity index (χ2n) is 19.3. The summed E-state index contributed by atoms with van der Waals surface area (Å²) in [5, 5.41) is 19.6. The second kappa shape index (κ2) is 16.4. The number of rotatable bonds is 10. The summed E-state index contributed by atoms with van der Waals surface area (Å²) in [5.74, 6) is 2.93. The second-order valence-corrected chi connectivity index (χ2v) is 21.8. The van der Waals surface area contributed by atoms with Crippen LogP contribution in [0, 0.1) is 34.5 Å². The minimum absolute atomic E-state index is 0.0846. The van der Waals surface area contributed by atoms with Gasteiger partial charge in [0, 0.05) is 0 Å². The van der Waals surface area contributed by atoms with E-state index in [2.05, 4.69) is 27.7 Å². The largest absolute Gasteiger partial charge is 0.393 e. The number of sulfone groups is 1. The highest BCUT2D eigenvalue weighted by atomic mass is 32.2. The number of hydrogen-bond donors (Lipinski definition) is 2. The van der Waals surface area contributed by atoms with Crippen molar-refractivity contribution in [1.82, 2.24) is 0 Å². The molecule has 0 aromatic rings. The highest BCUT2D eigenvalue weighted by Crippen LogP contribution is 2.50. The summed E-state index contributed by atoms with van der Waals surface area (Å²) in [7, 11) is -3.12. The summed E-state index contributed by atoms with van der Waals surface area (Å²) in [5.41, 5.74) is 0.668. The fourth-order valence-electron chi connectivity index (χ4n) is 12.0. The molecule has 0 aromatic heterocycles. The zero-order valence-corrected chi connectivity index (χ0v) is 32.7. The van der Waals surface area contributed by atoms with Gasteiger partial charge in [0.25, 0.3) is 0 Å². The van der Waals surface area contributed by atoms with E-state index in [4.69, 9.17) is 9.47 Å². The molecule has 0 bridgehead atoms. The average molecular weight is 707 g/mol. The highest BCUT2D eigenvalue weighted by Gasteiger charge is 2.44. The molecule has 0 aliphatic heterocycles. The Balaban J connectivity index is 0.869. The number of aliphatic hydroxyl groups excluding tert-OH is 2. The van der Waals surface area contributed by atoms with Gasteiger partial charge in [-0.3, -0.25) is 0 Å². The maximum Gasteiger partial charge on any atom is 0.156 e. The lowest BCUT2D eigenvalue weighted by molar-refractivity contribution is -0.0666. The summed E-state index contributed by atoms with van der Waals surface area (Å²) in [6.07, 6.45) is 25.6. The maximum absolute atomic E-state index is 13.8. The summed E-state index contributed by atoms with van der Waals surface area (Å²) in [6.45, 7) is 9.89. The van der Waals surface area contributed by atoms with Crippen LogP contribution < -0.4 is 0 Å². The van der Waals surface area contributed by atoms with Gasteiger partial charge in [-0.2, -0.15) is 0 Å². The van der Waals surface area contributed by atoms with Gasteiger partial charge in [0.05, 0.1) is 47.1 Å². The summed E-state index contributed by atoms with van der Waals surface area (Å²) in [4.78, 5) is 0. The van der Waals surface area contributed by atoms with E-state index in [0.717, 1.165) is 126 Å². The van der Waals surface area contributed by atoms with Crippen molar-refractivity contribution in [3.8, 4) is 0 Å². The molecule has 6 fully saturated rings. The molecule has 0 unspecified atom stereocenters. The van der Waals surface area contributed by atoms with Gasteiger partial charge < -0.3 is 19.7 Å². The molecule has 6 rings (SSSR count). The summed E-state index contributed by atoms with van der Waals surface area (Å²) < 4.78 is 40.9. The van der Waals surface area contributed by atoms with Crippen LogP contribution in [0.15, 0.2) is 0 Å². The van der Waals surface area contributed by atoms with E-state index in [1.165, 1.54) is 51.4 Å². The lowest BCUT2D eigenvalue weighted by Gasteiger charge is -2.46. The molecule has 0 saturated heterocycles. The first kappa shape index (κ1) is 38.5. The Hall–Kier alpha value is -0.210. The SMILES string of the molecule is CC(C)(C1CCC(O)CC1)C1CCC(OC2CCC(S(=O)(=O)C3CCC(OC4CCC(C(C)(C)C5CCC(O)CC5)CC4)CC3)CC2)CC1. The third kappa shape index (κ3) is 9.30. The smallest absolute Gasteiger partial charge is 0.156 e. The van der Waals surface area contributed by atoms with Crippen LogP contribution in [0.3, 0.4) is 0 Å².